The van der Waals surface area contributed by atoms with Crippen LogP contribution in [0.25, 0.3) is 4.85 Å². The van der Waals surface area contributed by atoms with Crippen molar-refractivity contribution in [2.75, 3.05) is 0 Å². The summed E-state index contributed by atoms with van der Waals surface area (Å²) in [7, 11) is -11.5. The number of aliphatic hydroxyl groups excluding tert-OH is 8. The highest BCUT2D eigenvalue weighted by Crippen LogP contribution is 2.30. The molecule has 0 aromatic heterocycles. The lowest BCUT2D eigenvalue weighted by Gasteiger charge is -2.33. The summed E-state index contributed by atoms with van der Waals surface area (Å²) in [4.78, 5) is 3.41. The Labute approximate surface area is 713 Å². The number of nitriles is 2. The van der Waals surface area contributed by atoms with Gasteiger partial charge in [0.05, 0.1) is 82.7 Å². The number of rotatable bonds is 28. The van der Waals surface area contributed by atoms with Crippen molar-refractivity contribution in [3.63, 3.8) is 0 Å². The van der Waals surface area contributed by atoms with Crippen molar-refractivity contribution in [1.82, 2.24) is 0 Å². The van der Waals surface area contributed by atoms with E-state index in [1.807, 2.05) is 13.0 Å². The molecule has 12 aromatic rings. The zero-order valence-electron chi connectivity index (χ0n) is 66.3. The van der Waals surface area contributed by atoms with E-state index in [1.54, 1.807) is 146 Å². The van der Waals surface area contributed by atoms with Crippen LogP contribution in [0.2, 0.25) is 0 Å². The number of hydrogen-bond acceptors (Lipinski definition) is 23. The molecule has 124 heavy (non-hydrogen) atoms. The van der Waals surface area contributed by atoms with Crippen molar-refractivity contribution < 1.29 is 124 Å². The van der Waals surface area contributed by atoms with Crippen LogP contribution in [0, 0.1) is 65.2 Å². The Morgan fingerprint density at radius 1 is 0.331 bits per heavy atom. The predicted octanol–water partition coefficient (Wildman–Crippen LogP) is 5.84. The topological polar surface area (TPSA) is 356 Å². The quantitative estimate of drug-likeness (QED) is 0.0156. The summed E-state index contributed by atoms with van der Waals surface area (Å²) in [5.74, 6) is -0.0319. The van der Waals surface area contributed by atoms with Crippen LogP contribution in [0.4, 0.5) is 27.6 Å². The molecule has 0 unspecified atom stereocenters. The van der Waals surface area contributed by atoms with Gasteiger partial charge < -0.3 is 102 Å². The average Bonchev–Trinajstić information content (AvgIpc) is 0.780. The van der Waals surface area contributed by atoms with Gasteiger partial charge in [-0.1, -0.05) is 91.3 Å². The minimum Gasteiger partial charge on any atom is -0.457 e. The molecule has 0 bridgehead atoms. The lowest BCUT2D eigenvalue weighted by atomic mass is 9.59. The number of aliphatic hydroxyl groups is 8. The van der Waals surface area contributed by atoms with E-state index in [1.165, 1.54) is 60.7 Å². The normalized spacial score (nSPS) is 12.4. The van der Waals surface area contributed by atoms with Gasteiger partial charge in [-0.25, -0.2) is 26.8 Å². The second kappa shape index (κ2) is 43.4. The Balaban J connectivity index is 0.000000180. The van der Waals surface area contributed by atoms with Gasteiger partial charge in [-0.15, -0.1) is 0 Å². The number of benzene rings is 12. The van der Waals surface area contributed by atoms with E-state index in [0.29, 0.717) is 118 Å². The first-order chi connectivity index (χ1) is 60.1. The summed E-state index contributed by atoms with van der Waals surface area (Å²) >= 11 is 0. The average molecular weight is 1680 g/mol. The van der Waals surface area contributed by atoms with Crippen LogP contribution >= 0.6 is 0 Å². The third-order valence-corrected chi connectivity index (χ3v) is 19.8. The molecule has 14 rings (SSSR count). The molecule has 620 valence electrons. The SMILES string of the molecule is CCc1cc(F)ccc1B(O)OB(OB(O)c1ccc(F)cc1CO)c1ccc(F)cc1CO.Cc1ccc(B2OB(c3ccc(F)cc3CO)OB(c3ccc(F)cc3CO)O2)c(CO)c1.[C-]#[N+]c1ccc(Oc2ccc(B3OB(c4ccc(Oc5ccc(C#N)cc5)cc4CO)OB(c4ccc(Oc5ccc(C#N)cc5)cc4CO)O3)c(CO)c2)cc1. The molecule has 2 fully saturated rings. The first-order valence-corrected chi connectivity index (χ1v) is 38.5. The Bertz CT molecular complexity index is 5370. The van der Waals surface area contributed by atoms with E-state index in [9.17, 15) is 72.9 Å². The highest BCUT2D eigenvalue weighted by Gasteiger charge is 2.48. The summed E-state index contributed by atoms with van der Waals surface area (Å²) in [6, 6.07) is 62.8. The Kier molecular flexibility index (Phi) is 31.9. The summed E-state index contributed by atoms with van der Waals surface area (Å²) in [5.41, 5.74) is 8.58. The molecule has 2 aliphatic heterocycles. The maximum absolute atomic E-state index is 13.7. The van der Waals surface area contributed by atoms with Crippen LogP contribution in [0.3, 0.4) is 0 Å². The molecule has 0 amide bonds. The van der Waals surface area contributed by atoms with Crippen LogP contribution in [-0.4, -0.2) is 115 Å². The smallest absolute Gasteiger partial charge is 0.457 e. The molecular weight excluding hydrogens is 1600 g/mol. The van der Waals surface area contributed by atoms with Gasteiger partial charge >= 0.3 is 64.1 Å². The van der Waals surface area contributed by atoms with Gasteiger partial charge in [0.2, 0.25) is 0 Å². The predicted molar refractivity (Wildman–Crippen MR) is 456 cm³/mol. The van der Waals surface area contributed by atoms with Crippen molar-refractivity contribution in [2.45, 2.75) is 73.1 Å². The second-order valence-corrected chi connectivity index (χ2v) is 27.9. The standard InChI is InChI=1S/C42H30B3N3O9.C22H22B3F3O6.C22H21B3F2O6/c1-48-33-6-12-36(13-7-33)54-39-16-19-42(32(22-39)27-51)45-56-43(40-17-14-37(20-30(40)25-49)52-34-8-2-28(23-46)3-9-34)55-44(57-45)41-18-15-38(21-31(41)26-50)53-35-10-4-29(24-47)5-11-35;1-2-14-9-17(26)3-6-20(14)23(31)33-25(22-8-5-19(28)11-16(22)13-30)34-24(32)21-7-4-18(27)10-15(21)12-29;1-14-2-5-20(15(8-14)11-28)23-31-24(21-6-3-18(26)9-16(21)12-29)33-25(32-23)22-7-4-19(27)10-17(22)13-30/h2-22,49-51H,25-27H2;3-11,29-32H,2,12-13H2,1H3;2-10,28-30H,11-13H2,1H3. The van der Waals surface area contributed by atoms with Crippen molar-refractivity contribution in [3.8, 4) is 46.6 Å². The molecule has 0 aliphatic carbocycles. The van der Waals surface area contributed by atoms with Crippen LogP contribution in [-0.2, 0) is 95.9 Å². The number of hydrogen-bond donors (Lipinski definition) is 10. The van der Waals surface area contributed by atoms with Crippen LogP contribution < -0.4 is 63.4 Å². The minimum absolute atomic E-state index is 0.0377. The summed E-state index contributed by atoms with van der Waals surface area (Å²) in [5, 5.41) is 120. The van der Waals surface area contributed by atoms with Crippen LogP contribution in [0.15, 0.2) is 237 Å². The Morgan fingerprint density at radius 2 is 0.589 bits per heavy atom. The van der Waals surface area contributed by atoms with Crippen LogP contribution in [0.5, 0.6) is 34.5 Å². The number of nitrogens with zero attached hydrogens (tertiary/aromatic N) is 3. The van der Waals surface area contributed by atoms with E-state index in [4.69, 9.17) is 67.9 Å². The van der Waals surface area contributed by atoms with E-state index < -0.39 is 139 Å². The molecule has 12 aromatic carbocycles. The van der Waals surface area contributed by atoms with Gasteiger partial charge in [0, 0.05) is 0 Å². The fourth-order valence-corrected chi connectivity index (χ4v) is 13.5. The number of ether oxygens (including phenoxy) is 3. The summed E-state index contributed by atoms with van der Waals surface area (Å²) in [6.07, 6.45) is 0.384. The van der Waals surface area contributed by atoms with Gasteiger partial charge in [0.15, 0.2) is 5.69 Å². The molecule has 0 radical (unpaired) electrons. The van der Waals surface area contributed by atoms with E-state index >= 15 is 0 Å². The molecule has 0 spiro atoms. The molecule has 0 atom stereocenters. The van der Waals surface area contributed by atoms with Crippen molar-refractivity contribution >= 4 is 119 Å². The van der Waals surface area contributed by atoms with Crippen LogP contribution in [0.1, 0.15) is 73.7 Å². The molecule has 10 N–H and O–H groups in total. The first kappa shape index (κ1) is 91.2. The molecular formula is C86H73B9F5N3O21. The molecule has 2 heterocycles. The number of halogens is 5. The highest BCUT2D eigenvalue weighted by atomic mass is 19.1. The zero-order chi connectivity index (χ0) is 88.1. The second-order valence-electron chi connectivity index (χ2n) is 27.9. The number of aryl methyl sites for hydroxylation is 2. The van der Waals surface area contributed by atoms with E-state index in [-0.39, 0.29) is 45.2 Å². The maximum Gasteiger partial charge on any atom is 0.478 e. The maximum atomic E-state index is 13.7. The Morgan fingerprint density at radius 3 is 0.911 bits per heavy atom. The fraction of sp³-hybridized carbons (Fsp3) is 0.128. The van der Waals surface area contributed by atoms with Gasteiger partial charge in [0.1, 0.15) is 63.6 Å². The third kappa shape index (κ3) is 22.9. The molecule has 2 aliphatic rings. The van der Waals surface area contributed by atoms with Gasteiger partial charge in [-0.3, -0.25) is 0 Å². The van der Waals surface area contributed by atoms with Crippen molar-refractivity contribution in [1.29, 1.82) is 10.5 Å². The third-order valence-electron chi connectivity index (χ3n) is 19.8. The van der Waals surface area contributed by atoms with Gasteiger partial charge in [-0.05, 0) is 270 Å². The largest absolute Gasteiger partial charge is 0.478 e. The van der Waals surface area contributed by atoms with E-state index in [2.05, 4.69) is 17.0 Å². The summed E-state index contributed by atoms with van der Waals surface area (Å²) in [6.45, 7) is 7.32. The van der Waals surface area contributed by atoms with E-state index in [0.717, 1.165) is 35.9 Å². The zero-order valence-corrected chi connectivity index (χ0v) is 66.3. The Hall–Kier alpha value is -12.0. The molecule has 0 saturated carbocycles. The molecule has 38 heteroatoms. The van der Waals surface area contributed by atoms with Crippen molar-refractivity contribution in [2.24, 2.45) is 0 Å². The van der Waals surface area contributed by atoms with Gasteiger partial charge in [-0.2, -0.15) is 10.5 Å². The lowest BCUT2D eigenvalue weighted by Crippen LogP contribution is -2.62. The minimum atomic E-state index is -1.75. The van der Waals surface area contributed by atoms with Crippen molar-refractivity contribution in [3.05, 3.63) is 344 Å². The lowest BCUT2D eigenvalue weighted by molar-refractivity contribution is 0.276. The van der Waals surface area contributed by atoms with Gasteiger partial charge in [0.25, 0.3) is 0 Å². The summed E-state index contributed by atoms with van der Waals surface area (Å²) < 4.78 is 135. The molecule has 24 nitrogen and oxygen atoms in total. The monoisotopic (exact) mass is 1680 g/mol. The fourth-order valence-electron chi connectivity index (χ4n) is 13.5. The first-order valence-electron chi connectivity index (χ1n) is 38.5. The highest BCUT2D eigenvalue weighted by molar-refractivity contribution is 6.88. The molecule has 2 saturated heterocycles.